The molecule has 0 spiro atoms. The molecule has 0 aliphatic carbocycles. The van der Waals surface area contributed by atoms with Crippen molar-refractivity contribution < 1.29 is 127 Å². The highest BCUT2D eigenvalue weighted by Gasteiger charge is 2.59. The summed E-state index contributed by atoms with van der Waals surface area (Å²) in [4.78, 5) is 41.1. The van der Waals surface area contributed by atoms with Crippen molar-refractivity contribution in [2.75, 3.05) is 13.2 Å². The van der Waals surface area contributed by atoms with Crippen molar-refractivity contribution in [3.63, 3.8) is 0 Å². The standard InChI is InChI=1S/C63H110O26/c1-8-11-13-14-15-16-19-22-26-30-41(66)83-51-35(5)77-59(49(74)47(51)72)87-53-37(7)79-63(57(85-58(76)34(4)10-3)56(53)89-60-48(73)45(70)43(68)39(32-64)81-60)86-52-36(6)78-61-55(50(52)75)84-42(67)31-27-23-20-17-18-21-25-29-38(28-24-12-9-2)80-62-54(88-61)46(71)44(69)40(33-65)82-62/h34-40,43-57,59-65,68-75H,8-33H2,1-7H3/t34-,35-,36-,37-,38?,39+,40+,43+,44+,45-,46-,47-,48+,49+,50+,51-,52-,53-,54+,55+,56+,57+,59-,60-,61-,62+,63-/m0/s1. The Hall–Kier alpha value is -2.39. The molecule has 26 nitrogen and oxygen atoms in total. The molecule has 89 heavy (non-hydrogen) atoms. The number of esters is 3. The third-order valence-electron chi connectivity index (χ3n) is 18.2. The van der Waals surface area contributed by atoms with E-state index in [1.54, 1.807) is 13.8 Å². The summed E-state index contributed by atoms with van der Waals surface area (Å²) in [6.45, 7) is 10.5. The van der Waals surface area contributed by atoms with E-state index in [0.29, 0.717) is 32.1 Å². The molecule has 10 N–H and O–H groups in total. The average molecular weight is 1280 g/mol. The molecule has 26 heteroatoms. The monoisotopic (exact) mass is 1280 g/mol. The van der Waals surface area contributed by atoms with Crippen LogP contribution in [0.25, 0.3) is 0 Å². The van der Waals surface area contributed by atoms with E-state index in [0.717, 1.165) is 77.0 Å². The highest BCUT2D eigenvalue weighted by atomic mass is 16.8. The zero-order valence-electron chi connectivity index (χ0n) is 53.5. The molecule has 0 radical (unpaired) electrons. The van der Waals surface area contributed by atoms with Gasteiger partial charge in [-0.3, -0.25) is 14.4 Å². The minimum atomic E-state index is -2.03. The molecule has 6 fully saturated rings. The Bertz CT molecular complexity index is 2030. The van der Waals surface area contributed by atoms with Gasteiger partial charge in [-0.15, -0.1) is 0 Å². The molecule has 518 valence electrons. The maximum Gasteiger partial charge on any atom is 0.309 e. The fourth-order valence-electron chi connectivity index (χ4n) is 12.4. The van der Waals surface area contributed by atoms with E-state index in [1.165, 1.54) is 46.5 Å². The second-order valence-corrected chi connectivity index (χ2v) is 25.4. The predicted molar refractivity (Wildman–Crippen MR) is 314 cm³/mol. The average Bonchev–Trinajstić information content (AvgIpc) is 0.844. The van der Waals surface area contributed by atoms with E-state index >= 15 is 0 Å². The van der Waals surface area contributed by atoms with Crippen molar-refractivity contribution in [1.29, 1.82) is 0 Å². The van der Waals surface area contributed by atoms with Gasteiger partial charge in [-0.05, 0) is 52.9 Å². The molecule has 6 aliphatic heterocycles. The number of hydrogen-bond acceptors (Lipinski definition) is 26. The first-order chi connectivity index (χ1) is 42.7. The molecular weight excluding hydrogens is 1170 g/mol. The van der Waals surface area contributed by atoms with E-state index in [1.807, 2.05) is 0 Å². The van der Waals surface area contributed by atoms with Gasteiger partial charge in [0, 0.05) is 12.8 Å². The van der Waals surface area contributed by atoms with Gasteiger partial charge < -0.3 is 113 Å². The van der Waals surface area contributed by atoms with Gasteiger partial charge in [0.1, 0.15) is 85.5 Å². The second-order valence-electron chi connectivity index (χ2n) is 25.4. The van der Waals surface area contributed by atoms with Crippen LogP contribution < -0.4 is 0 Å². The lowest BCUT2D eigenvalue weighted by Gasteiger charge is -2.51. The summed E-state index contributed by atoms with van der Waals surface area (Å²) < 4.78 is 81.6. The zero-order chi connectivity index (χ0) is 64.9. The molecule has 0 saturated carbocycles. The highest BCUT2D eigenvalue weighted by molar-refractivity contribution is 5.72. The van der Waals surface area contributed by atoms with E-state index in [-0.39, 0.29) is 25.4 Å². The number of rotatable bonds is 26. The van der Waals surface area contributed by atoms with Gasteiger partial charge in [-0.2, -0.15) is 0 Å². The van der Waals surface area contributed by atoms with Crippen molar-refractivity contribution in [1.82, 2.24) is 0 Å². The minimum Gasteiger partial charge on any atom is -0.457 e. The van der Waals surface area contributed by atoms with Crippen molar-refractivity contribution in [3.05, 3.63) is 0 Å². The van der Waals surface area contributed by atoms with Crippen molar-refractivity contribution >= 4 is 17.9 Å². The van der Waals surface area contributed by atoms with Gasteiger partial charge >= 0.3 is 17.9 Å². The molecule has 6 heterocycles. The van der Waals surface area contributed by atoms with Crippen LogP contribution in [0.3, 0.4) is 0 Å². The van der Waals surface area contributed by atoms with E-state index in [2.05, 4.69) is 13.8 Å². The van der Waals surface area contributed by atoms with Crippen LogP contribution in [-0.4, -0.2) is 242 Å². The Morgan fingerprint density at radius 3 is 1.67 bits per heavy atom. The van der Waals surface area contributed by atoms with Gasteiger partial charge in [0.25, 0.3) is 0 Å². The Balaban J connectivity index is 1.30. The third-order valence-corrected chi connectivity index (χ3v) is 18.2. The van der Waals surface area contributed by atoms with Crippen LogP contribution in [0.15, 0.2) is 0 Å². The first-order valence-electron chi connectivity index (χ1n) is 33.5. The Morgan fingerprint density at radius 2 is 1.01 bits per heavy atom. The lowest BCUT2D eigenvalue weighted by atomic mass is 9.95. The largest absolute Gasteiger partial charge is 0.457 e. The molecule has 0 aromatic heterocycles. The molecular formula is C63H110O26. The van der Waals surface area contributed by atoms with Crippen LogP contribution in [0.2, 0.25) is 0 Å². The SMILES string of the molecule is CCCCCCCCCCCC(=O)O[C@@H]1[C@@H](O)[C@@H](O)[C@H](O[C@@H]2[C@@H](O[C@@H]3O[C@H](CO)[C@@H](O)[C@H](O)[C@H]3O)[C@@H](OC(=O)[C@@H](C)CC)[C@H](O[C@@H]3[C@@H](O)[C@H]4OC(=O)CCCCCCCCCC(CCCCC)O[C@@H]5O[C@H](CO)[C@@H](O)[C@H](O)[C@H]5O[C@@H]4O[C@H]3C)O[C@H]2C)O[C@H]1C. The summed E-state index contributed by atoms with van der Waals surface area (Å²) in [5.74, 6) is -2.97. The smallest absolute Gasteiger partial charge is 0.309 e. The summed E-state index contributed by atoms with van der Waals surface area (Å²) >= 11 is 0. The first-order valence-corrected chi connectivity index (χ1v) is 33.5. The summed E-state index contributed by atoms with van der Waals surface area (Å²) in [6, 6.07) is 0. The second kappa shape index (κ2) is 38.2. The number of unbranched alkanes of at least 4 members (excludes halogenated alkanes) is 10. The molecule has 6 rings (SSSR count). The van der Waals surface area contributed by atoms with Crippen LogP contribution >= 0.6 is 0 Å². The van der Waals surface area contributed by atoms with Crippen LogP contribution in [0.1, 0.15) is 203 Å². The molecule has 6 saturated heterocycles. The quantitative estimate of drug-likeness (QED) is 0.0337. The summed E-state index contributed by atoms with van der Waals surface area (Å²) in [5, 5.41) is 113. The lowest BCUT2D eigenvalue weighted by molar-refractivity contribution is -0.400. The van der Waals surface area contributed by atoms with E-state index < -0.39 is 191 Å². The molecule has 0 amide bonds. The minimum absolute atomic E-state index is 0.0656. The summed E-state index contributed by atoms with van der Waals surface area (Å²) in [5.41, 5.74) is 0. The van der Waals surface area contributed by atoms with E-state index in [9.17, 15) is 65.4 Å². The number of ether oxygens (including phenoxy) is 13. The summed E-state index contributed by atoms with van der Waals surface area (Å²) in [7, 11) is 0. The third kappa shape index (κ3) is 21.3. The number of aliphatic hydroxyl groups is 10. The maximum absolute atomic E-state index is 14.1. The summed E-state index contributed by atoms with van der Waals surface area (Å²) in [6.07, 6.45) is -22.3. The molecule has 1 unspecified atom stereocenters. The fourth-order valence-corrected chi connectivity index (χ4v) is 12.4. The molecule has 27 atom stereocenters. The Morgan fingerprint density at radius 1 is 0.483 bits per heavy atom. The normalized spacial score (nSPS) is 41.0. The number of fused-ring (bicyclic) bond motifs is 2. The Kier molecular flexibility index (Phi) is 32.5. The fraction of sp³-hybridized carbons (Fsp3) is 0.952. The molecule has 0 bridgehead atoms. The number of carbonyl (C=O) groups excluding carboxylic acids is 3. The van der Waals surface area contributed by atoms with Crippen molar-refractivity contribution in [2.24, 2.45) is 5.92 Å². The van der Waals surface area contributed by atoms with Crippen LogP contribution in [0, 0.1) is 5.92 Å². The van der Waals surface area contributed by atoms with Crippen LogP contribution in [0.5, 0.6) is 0 Å². The zero-order valence-corrected chi connectivity index (χ0v) is 53.5. The number of aliphatic hydroxyl groups excluding tert-OH is 10. The molecule has 6 aliphatic rings. The predicted octanol–water partition coefficient (Wildman–Crippen LogP) is 3.28. The lowest BCUT2D eigenvalue weighted by Crippen LogP contribution is -2.68. The van der Waals surface area contributed by atoms with E-state index in [4.69, 9.17) is 61.6 Å². The number of carbonyl (C=O) groups is 3. The maximum atomic E-state index is 14.1. The number of hydrogen-bond donors (Lipinski definition) is 10. The van der Waals surface area contributed by atoms with Gasteiger partial charge in [-0.1, -0.05) is 137 Å². The topological polar surface area (TPSA) is 374 Å². The van der Waals surface area contributed by atoms with Crippen LogP contribution in [0.4, 0.5) is 0 Å². The van der Waals surface area contributed by atoms with Gasteiger partial charge in [-0.25, -0.2) is 0 Å². The van der Waals surface area contributed by atoms with Gasteiger partial charge in [0.05, 0.1) is 43.5 Å². The molecule has 0 aromatic carbocycles. The first kappa shape index (κ1) is 75.6. The van der Waals surface area contributed by atoms with Crippen molar-refractivity contribution in [3.8, 4) is 0 Å². The van der Waals surface area contributed by atoms with Crippen molar-refractivity contribution in [2.45, 2.75) is 362 Å². The van der Waals surface area contributed by atoms with Crippen LogP contribution in [-0.2, 0) is 76.0 Å². The van der Waals surface area contributed by atoms with Gasteiger partial charge in [0.2, 0.25) is 0 Å². The van der Waals surface area contributed by atoms with Gasteiger partial charge in [0.15, 0.2) is 49.8 Å². The molecule has 0 aromatic rings. The highest BCUT2D eigenvalue weighted by Crippen LogP contribution is 2.40. The Labute approximate surface area is 524 Å².